The molecule has 3 aliphatic rings. The Morgan fingerprint density at radius 3 is 1.31 bits per heavy atom. The zero-order valence-electron chi connectivity index (χ0n) is 20.5. The predicted octanol–water partition coefficient (Wildman–Crippen LogP) is 2.23. The Kier molecular flexibility index (Phi) is 6.70. The van der Waals surface area contributed by atoms with Crippen LogP contribution in [0.1, 0.15) is 84.9 Å². The molecule has 0 aromatic heterocycles. The van der Waals surface area contributed by atoms with Crippen molar-refractivity contribution in [2.24, 2.45) is 16.2 Å². The molecule has 0 nitrogen and oxygen atoms in total. The summed E-state index contributed by atoms with van der Waals surface area (Å²) in [4.78, 5) is 0. The van der Waals surface area contributed by atoms with Crippen molar-refractivity contribution >= 4 is 11.1 Å². The Morgan fingerprint density at radius 1 is 0.625 bits per heavy atom. The molecule has 0 bridgehead atoms. The summed E-state index contributed by atoms with van der Waals surface area (Å²) in [7, 11) is 0. The molecule has 32 heavy (non-hydrogen) atoms. The van der Waals surface area contributed by atoms with E-state index in [1.807, 2.05) is 0 Å². The van der Waals surface area contributed by atoms with Crippen LogP contribution in [0.4, 0.5) is 0 Å². The monoisotopic (exact) mass is 542 g/mol. The zero-order chi connectivity index (χ0) is 21.6. The van der Waals surface area contributed by atoms with Crippen molar-refractivity contribution in [3.05, 3.63) is 81.9 Å². The van der Waals surface area contributed by atoms with E-state index < -0.39 is 23.2 Å². The third-order valence-electron chi connectivity index (χ3n) is 7.38. The number of hydrogen-bond donors (Lipinski definition) is 0. The molecule has 0 amide bonds. The van der Waals surface area contributed by atoms with Gasteiger partial charge in [0.2, 0.25) is 0 Å². The summed E-state index contributed by atoms with van der Waals surface area (Å²) >= 11 is -0.779. The van der Waals surface area contributed by atoms with Crippen molar-refractivity contribution < 1.29 is 48.0 Å². The second-order valence-corrected chi connectivity index (χ2v) is 15.6. The van der Waals surface area contributed by atoms with Crippen LogP contribution in [0.2, 0.25) is 0 Å². The number of allylic oxidation sites excluding steroid dienone is 4. The van der Waals surface area contributed by atoms with E-state index in [9.17, 15) is 0 Å². The Bertz CT molecular complexity index is 1030. The van der Waals surface area contributed by atoms with Crippen LogP contribution in [0.5, 0.6) is 0 Å². The van der Waals surface area contributed by atoms with Crippen LogP contribution in [-0.2, 0) is 23.2 Å². The summed E-state index contributed by atoms with van der Waals surface area (Å²) in [6.45, 7) is 19.6. The van der Waals surface area contributed by atoms with E-state index in [1.54, 1.807) is 44.5 Å². The largest absolute Gasteiger partial charge is 1.00 e. The minimum absolute atomic E-state index is 0. The fraction of sp³-hybridized carbons (Fsp3) is 0.448. The van der Waals surface area contributed by atoms with Crippen LogP contribution in [0.25, 0.3) is 11.1 Å². The van der Waals surface area contributed by atoms with Gasteiger partial charge in [0.15, 0.2) is 0 Å². The van der Waals surface area contributed by atoms with Gasteiger partial charge in [0.25, 0.3) is 0 Å². The van der Waals surface area contributed by atoms with Gasteiger partial charge in [0.1, 0.15) is 0 Å². The summed E-state index contributed by atoms with van der Waals surface area (Å²) in [5, 5.41) is 0. The number of fused-ring (bicyclic) bond motifs is 6. The minimum atomic E-state index is -0.779. The van der Waals surface area contributed by atoms with Crippen molar-refractivity contribution in [3.63, 3.8) is 0 Å². The molecule has 2 aromatic rings. The average Bonchev–Trinajstić information content (AvgIpc) is 3.16. The molecule has 168 valence electrons. The Morgan fingerprint density at radius 2 is 0.969 bits per heavy atom. The molecule has 1 saturated heterocycles. The van der Waals surface area contributed by atoms with Gasteiger partial charge < -0.3 is 24.8 Å². The van der Waals surface area contributed by atoms with Crippen molar-refractivity contribution in [2.45, 2.75) is 62.6 Å². The molecular weight excluding hydrogens is 510 g/mol. The molecule has 1 heterocycles. The number of halogens is 2. The maximum atomic E-state index is 2.55. The van der Waals surface area contributed by atoms with E-state index in [-0.39, 0.29) is 41.1 Å². The molecule has 0 N–H and O–H groups in total. The van der Waals surface area contributed by atoms with Crippen LogP contribution in [0, 0.1) is 16.2 Å². The van der Waals surface area contributed by atoms with Gasteiger partial charge in [-0.2, -0.15) is 0 Å². The molecule has 2 atom stereocenters. The molecule has 2 unspecified atom stereocenters. The topological polar surface area (TPSA) is 0 Å². The summed E-state index contributed by atoms with van der Waals surface area (Å²) < 4.78 is 1.41. The first-order valence-electron chi connectivity index (χ1n) is 11.4. The van der Waals surface area contributed by atoms with Crippen LogP contribution < -0.4 is 24.8 Å². The Hall–Kier alpha value is -0.617. The number of rotatable bonds is 0. The summed E-state index contributed by atoms with van der Waals surface area (Å²) in [5.41, 5.74) is 13.6. The van der Waals surface area contributed by atoms with Crippen LogP contribution in [0.3, 0.4) is 0 Å². The van der Waals surface area contributed by atoms with E-state index in [2.05, 4.69) is 104 Å². The second kappa shape index (κ2) is 8.25. The second-order valence-electron chi connectivity index (χ2n) is 11.9. The van der Waals surface area contributed by atoms with Gasteiger partial charge in [0, 0.05) is 0 Å². The van der Waals surface area contributed by atoms with Gasteiger partial charge >= 0.3 is 195 Å². The standard InChI is InChI=1S/C29H34.2ClH.Zr/c1-27(2,3)25-21-15-11-9-13-19(21)17-23(25)29(7,8)24-18-20-14-10-12-16-22(20)26(24)28(4,5)6;;;/h9-18H,1-8H3;2*1H;/q;;;+2/p-2. The first kappa shape index (κ1) is 26.0. The van der Waals surface area contributed by atoms with E-state index in [4.69, 9.17) is 0 Å². The van der Waals surface area contributed by atoms with Gasteiger partial charge in [-0.05, 0) is 0 Å². The fourth-order valence-corrected chi connectivity index (χ4v) is 12.7. The zero-order valence-corrected chi connectivity index (χ0v) is 24.5. The van der Waals surface area contributed by atoms with E-state index in [0.717, 1.165) is 0 Å². The van der Waals surface area contributed by atoms with Crippen LogP contribution in [-0.4, -0.2) is 0 Å². The maximum Gasteiger partial charge on any atom is -1.00 e. The first-order chi connectivity index (χ1) is 13.9. The summed E-state index contributed by atoms with van der Waals surface area (Å²) in [6, 6.07) is 18.7. The molecule has 3 heteroatoms. The third kappa shape index (κ3) is 3.57. The normalized spacial score (nSPS) is 22.5. The number of hydrogen-bond acceptors (Lipinski definition) is 0. The van der Waals surface area contributed by atoms with Gasteiger partial charge in [-0.3, -0.25) is 0 Å². The van der Waals surface area contributed by atoms with Gasteiger partial charge in [-0.15, -0.1) is 0 Å². The third-order valence-corrected chi connectivity index (χ3v) is 12.0. The summed E-state index contributed by atoms with van der Waals surface area (Å²) in [5.74, 6) is 0. The van der Waals surface area contributed by atoms with Gasteiger partial charge in [0.05, 0.1) is 0 Å². The van der Waals surface area contributed by atoms with Crippen LogP contribution in [0.15, 0.2) is 59.7 Å². The van der Waals surface area contributed by atoms with Gasteiger partial charge in [-0.25, -0.2) is 0 Å². The Balaban J connectivity index is 0.00000144. The molecule has 0 spiro atoms. The van der Waals surface area contributed by atoms with Crippen molar-refractivity contribution in [1.29, 1.82) is 0 Å². The van der Waals surface area contributed by atoms with Crippen molar-refractivity contribution in [3.8, 4) is 0 Å². The fourth-order valence-electron chi connectivity index (χ4n) is 6.46. The van der Waals surface area contributed by atoms with E-state index >= 15 is 0 Å². The molecule has 5 rings (SSSR count). The van der Waals surface area contributed by atoms with Crippen molar-refractivity contribution in [1.82, 2.24) is 0 Å². The molecule has 1 fully saturated rings. The quantitative estimate of drug-likeness (QED) is 0.478. The number of benzene rings is 2. The maximum absolute atomic E-state index is 2.55. The van der Waals surface area contributed by atoms with Crippen molar-refractivity contribution in [2.75, 3.05) is 0 Å². The molecule has 1 aliphatic heterocycles. The summed E-state index contributed by atoms with van der Waals surface area (Å²) in [6.07, 6.45) is 0. The first-order valence-corrected chi connectivity index (χ1v) is 14.2. The molecule has 2 aliphatic carbocycles. The Labute approximate surface area is 218 Å². The molecule has 0 radical (unpaired) electrons. The smallest absolute Gasteiger partial charge is 1.00 e. The molecular formula is C29H34Cl2Zr. The molecule has 0 saturated carbocycles. The minimum Gasteiger partial charge on any atom is -1.00 e. The molecule has 2 aromatic carbocycles. The van der Waals surface area contributed by atoms with E-state index in [1.165, 1.54) is 0 Å². The van der Waals surface area contributed by atoms with E-state index in [0.29, 0.717) is 7.25 Å². The van der Waals surface area contributed by atoms with Gasteiger partial charge in [-0.1, -0.05) is 0 Å². The SMILES string of the molecule is CC(C)(C)C1=C2[CH]([Zr+2][CH]3C(=C(C(C)(C)C)c4ccccc43)C2(C)C)c2ccccc21.[Cl-].[Cl-]. The van der Waals surface area contributed by atoms with Crippen LogP contribution >= 0.6 is 0 Å². The average molecular weight is 545 g/mol. The predicted molar refractivity (Wildman–Crippen MR) is 125 cm³/mol.